The van der Waals surface area contributed by atoms with Gasteiger partial charge >= 0.3 is 0 Å². The van der Waals surface area contributed by atoms with E-state index in [0.717, 1.165) is 5.56 Å². The first kappa shape index (κ1) is 17.2. The molecule has 1 aromatic carbocycles. The van der Waals surface area contributed by atoms with Crippen LogP contribution in [0, 0.1) is 12.3 Å². The maximum atomic E-state index is 12.0. The van der Waals surface area contributed by atoms with Crippen molar-refractivity contribution in [2.75, 3.05) is 31.7 Å². The maximum absolute atomic E-state index is 12.0. The predicted molar refractivity (Wildman–Crippen MR) is 87.2 cm³/mol. The van der Waals surface area contributed by atoms with E-state index in [2.05, 4.69) is 10.6 Å². The molecule has 1 amide bonds. The van der Waals surface area contributed by atoms with Gasteiger partial charge in [0, 0.05) is 29.7 Å². The second-order valence-corrected chi connectivity index (χ2v) is 6.56. The third-order valence-electron chi connectivity index (χ3n) is 3.92. The van der Waals surface area contributed by atoms with E-state index < -0.39 is 0 Å². The molecule has 1 aliphatic rings. The van der Waals surface area contributed by atoms with Crippen LogP contribution in [0.25, 0.3) is 0 Å². The zero-order valence-corrected chi connectivity index (χ0v) is 13.7. The van der Waals surface area contributed by atoms with Crippen LogP contribution >= 0.6 is 11.6 Å². The zero-order chi connectivity index (χ0) is 16.2. The van der Waals surface area contributed by atoms with E-state index in [1.54, 1.807) is 6.07 Å². The van der Waals surface area contributed by atoms with E-state index in [0.29, 0.717) is 36.9 Å². The highest BCUT2D eigenvalue weighted by Crippen LogP contribution is 2.25. The Labute approximate surface area is 136 Å². The number of benzene rings is 1. The molecule has 1 aliphatic heterocycles. The standard InChI is InChI=1S/C16H23ClN2O3/c1-11-3-4-13(6-14(11)17)19-15(21)5-12(2)18-7-16(8-20)9-22-10-16/h3-4,6,12,18,20H,5,7-10H2,1-2H3,(H,19,21). The van der Waals surface area contributed by atoms with E-state index in [9.17, 15) is 9.90 Å². The summed E-state index contributed by atoms with van der Waals surface area (Å²) in [5.74, 6) is -0.0668. The highest BCUT2D eigenvalue weighted by Gasteiger charge is 2.37. The summed E-state index contributed by atoms with van der Waals surface area (Å²) in [6.07, 6.45) is 0.355. The number of rotatable bonds is 7. The minimum Gasteiger partial charge on any atom is -0.396 e. The molecule has 0 saturated carbocycles. The molecule has 1 aromatic rings. The van der Waals surface area contributed by atoms with Gasteiger partial charge in [-0.3, -0.25) is 4.79 Å². The van der Waals surface area contributed by atoms with Crippen molar-refractivity contribution in [1.29, 1.82) is 0 Å². The first-order valence-electron chi connectivity index (χ1n) is 7.42. The van der Waals surface area contributed by atoms with Crippen LogP contribution in [0.2, 0.25) is 5.02 Å². The Morgan fingerprint density at radius 1 is 1.50 bits per heavy atom. The molecule has 1 saturated heterocycles. The van der Waals surface area contributed by atoms with Crippen molar-refractivity contribution in [2.24, 2.45) is 5.41 Å². The Morgan fingerprint density at radius 3 is 2.77 bits per heavy atom. The average Bonchev–Trinajstić information content (AvgIpc) is 2.42. The number of carbonyl (C=O) groups excluding carboxylic acids is 1. The van der Waals surface area contributed by atoms with E-state index in [1.165, 1.54) is 0 Å². The molecule has 0 bridgehead atoms. The molecule has 122 valence electrons. The van der Waals surface area contributed by atoms with Crippen LogP contribution in [0.3, 0.4) is 0 Å². The predicted octanol–water partition coefficient (Wildman–Crippen LogP) is 1.96. The van der Waals surface area contributed by atoms with Crippen molar-refractivity contribution in [1.82, 2.24) is 5.32 Å². The summed E-state index contributed by atoms with van der Waals surface area (Å²) in [7, 11) is 0. The van der Waals surface area contributed by atoms with Gasteiger partial charge in [-0.25, -0.2) is 0 Å². The number of aryl methyl sites for hydroxylation is 1. The Morgan fingerprint density at radius 2 is 2.23 bits per heavy atom. The Bertz CT molecular complexity index is 527. The van der Waals surface area contributed by atoms with Gasteiger partial charge in [-0.15, -0.1) is 0 Å². The van der Waals surface area contributed by atoms with Crippen LogP contribution < -0.4 is 10.6 Å². The summed E-state index contributed by atoms with van der Waals surface area (Å²) in [6, 6.07) is 5.48. The molecule has 6 heteroatoms. The number of hydrogen-bond donors (Lipinski definition) is 3. The summed E-state index contributed by atoms with van der Waals surface area (Å²) >= 11 is 6.04. The monoisotopic (exact) mass is 326 g/mol. The molecule has 0 radical (unpaired) electrons. The summed E-state index contributed by atoms with van der Waals surface area (Å²) in [6.45, 7) is 5.75. The molecule has 2 rings (SSSR count). The van der Waals surface area contributed by atoms with Gasteiger partial charge < -0.3 is 20.5 Å². The first-order chi connectivity index (χ1) is 10.4. The highest BCUT2D eigenvalue weighted by molar-refractivity contribution is 6.31. The average molecular weight is 327 g/mol. The van der Waals surface area contributed by atoms with Crippen molar-refractivity contribution in [3.63, 3.8) is 0 Å². The van der Waals surface area contributed by atoms with Crippen LogP contribution in [0.5, 0.6) is 0 Å². The molecule has 1 unspecified atom stereocenters. The summed E-state index contributed by atoms with van der Waals surface area (Å²) in [5, 5.41) is 16.1. The number of anilines is 1. The zero-order valence-electron chi connectivity index (χ0n) is 13.0. The molecule has 0 aromatic heterocycles. The van der Waals surface area contributed by atoms with Crippen LogP contribution in [0.15, 0.2) is 18.2 Å². The van der Waals surface area contributed by atoms with Crippen molar-refractivity contribution >= 4 is 23.2 Å². The van der Waals surface area contributed by atoms with Gasteiger partial charge in [0.15, 0.2) is 0 Å². The molecule has 0 spiro atoms. The smallest absolute Gasteiger partial charge is 0.225 e. The van der Waals surface area contributed by atoms with Crippen molar-refractivity contribution in [3.05, 3.63) is 28.8 Å². The molecule has 0 aliphatic carbocycles. The fourth-order valence-electron chi connectivity index (χ4n) is 2.26. The Kier molecular flexibility index (Phi) is 5.81. The second kappa shape index (κ2) is 7.42. The lowest BCUT2D eigenvalue weighted by Gasteiger charge is -2.40. The fraction of sp³-hybridized carbons (Fsp3) is 0.562. The highest BCUT2D eigenvalue weighted by atomic mass is 35.5. The normalized spacial score (nSPS) is 17.6. The van der Waals surface area contributed by atoms with Gasteiger partial charge in [0.1, 0.15) is 0 Å². The Hall–Kier alpha value is -1.14. The van der Waals surface area contributed by atoms with E-state index in [1.807, 2.05) is 26.0 Å². The van der Waals surface area contributed by atoms with Crippen LogP contribution in [-0.4, -0.2) is 43.4 Å². The van der Waals surface area contributed by atoms with Crippen molar-refractivity contribution in [3.8, 4) is 0 Å². The molecule has 1 heterocycles. The molecule has 5 nitrogen and oxygen atoms in total. The fourth-order valence-corrected chi connectivity index (χ4v) is 2.44. The van der Waals surface area contributed by atoms with E-state index in [-0.39, 0.29) is 24.0 Å². The summed E-state index contributed by atoms with van der Waals surface area (Å²) in [5.41, 5.74) is 1.49. The number of carbonyl (C=O) groups is 1. The first-order valence-corrected chi connectivity index (χ1v) is 7.80. The quantitative estimate of drug-likeness (QED) is 0.716. The minimum absolute atomic E-state index is 0.0185. The van der Waals surface area contributed by atoms with Crippen molar-refractivity contribution < 1.29 is 14.6 Å². The number of halogens is 1. The maximum Gasteiger partial charge on any atom is 0.225 e. The lowest BCUT2D eigenvalue weighted by molar-refractivity contribution is -0.135. The van der Waals surface area contributed by atoms with Gasteiger partial charge in [-0.05, 0) is 31.5 Å². The summed E-state index contributed by atoms with van der Waals surface area (Å²) < 4.78 is 5.15. The third-order valence-corrected chi connectivity index (χ3v) is 4.33. The van der Waals surface area contributed by atoms with Crippen LogP contribution in [-0.2, 0) is 9.53 Å². The lowest BCUT2D eigenvalue weighted by Crippen LogP contribution is -2.53. The molecule has 22 heavy (non-hydrogen) atoms. The molecular formula is C16H23ClN2O3. The number of hydrogen-bond acceptors (Lipinski definition) is 4. The minimum atomic E-state index is -0.185. The van der Waals surface area contributed by atoms with Crippen molar-refractivity contribution in [2.45, 2.75) is 26.3 Å². The van der Waals surface area contributed by atoms with Gasteiger partial charge in [-0.1, -0.05) is 17.7 Å². The summed E-state index contributed by atoms with van der Waals surface area (Å²) in [4.78, 5) is 12.0. The van der Waals surface area contributed by atoms with Crippen LogP contribution in [0.1, 0.15) is 18.9 Å². The third kappa shape index (κ3) is 4.43. The Balaban J connectivity index is 1.77. The molecular weight excluding hydrogens is 304 g/mol. The second-order valence-electron chi connectivity index (χ2n) is 6.15. The van der Waals surface area contributed by atoms with Gasteiger partial charge in [0.2, 0.25) is 5.91 Å². The van der Waals surface area contributed by atoms with Gasteiger partial charge in [0.25, 0.3) is 0 Å². The number of aliphatic hydroxyl groups is 1. The van der Waals surface area contributed by atoms with E-state index >= 15 is 0 Å². The molecule has 3 N–H and O–H groups in total. The molecule has 1 atom stereocenters. The largest absolute Gasteiger partial charge is 0.396 e. The van der Waals surface area contributed by atoms with Gasteiger partial charge in [0.05, 0.1) is 25.2 Å². The van der Waals surface area contributed by atoms with Gasteiger partial charge in [-0.2, -0.15) is 0 Å². The number of ether oxygens (including phenoxy) is 1. The van der Waals surface area contributed by atoms with Crippen LogP contribution in [0.4, 0.5) is 5.69 Å². The van der Waals surface area contributed by atoms with E-state index in [4.69, 9.17) is 16.3 Å². The number of amides is 1. The molecule has 1 fully saturated rings. The lowest BCUT2D eigenvalue weighted by atomic mass is 9.87. The topological polar surface area (TPSA) is 70.6 Å². The SMILES string of the molecule is Cc1ccc(NC(=O)CC(C)NCC2(CO)COC2)cc1Cl. The number of nitrogens with one attached hydrogen (secondary N) is 2. The number of aliphatic hydroxyl groups excluding tert-OH is 1.